The van der Waals surface area contributed by atoms with E-state index in [1.807, 2.05) is 12.2 Å². The highest BCUT2D eigenvalue weighted by Crippen LogP contribution is 2.72. The van der Waals surface area contributed by atoms with Crippen LogP contribution < -0.4 is 10.4 Å². The molecule has 1 saturated heterocycles. The highest BCUT2D eigenvalue weighted by Gasteiger charge is 2.71. The van der Waals surface area contributed by atoms with Crippen LogP contribution in [0.3, 0.4) is 0 Å². The number of carbonyl (C=O) groups is 2. The van der Waals surface area contributed by atoms with Crippen LogP contribution in [0.1, 0.15) is 12.8 Å². The van der Waals surface area contributed by atoms with Crippen LogP contribution in [0, 0.1) is 49.3 Å². The Balaban J connectivity index is 1.57. The average molecular weight is 370 g/mol. The molecule has 2 bridgehead atoms. The van der Waals surface area contributed by atoms with Crippen molar-refractivity contribution in [3.8, 4) is 0 Å². The molecule has 0 aromatic heterocycles. The van der Waals surface area contributed by atoms with Gasteiger partial charge in [-0.15, -0.1) is 0 Å². The molecular weight excluding hydrogens is 356 g/mol. The summed E-state index contributed by atoms with van der Waals surface area (Å²) in [6, 6.07) is 3.01. The van der Waals surface area contributed by atoms with Crippen molar-refractivity contribution in [2.24, 2.45) is 29.1 Å². The number of nitrogens with zero attached hydrogens (tertiary/aromatic N) is 3. The first-order valence-corrected chi connectivity index (χ1v) is 8.61. The van der Waals surface area contributed by atoms with Gasteiger partial charge in [-0.2, -0.15) is 0 Å². The van der Waals surface area contributed by atoms with Gasteiger partial charge in [-0.1, -0.05) is 12.2 Å². The molecule has 1 spiro atoms. The lowest BCUT2D eigenvalue weighted by Crippen LogP contribution is -2.60. The number of nitrogens with one attached hydrogen (secondary N) is 1. The maximum atomic E-state index is 13.2. The van der Waals surface area contributed by atoms with Gasteiger partial charge in [-0.3, -0.25) is 35.2 Å². The number of benzene rings is 1. The van der Waals surface area contributed by atoms with E-state index in [1.54, 1.807) is 0 Å². The number of hydrogen-bond donors (Lipinski definition) is 1. The fourth-order valence-corrected chi connectivity index (χ4v) is 5.22. The molecule has 138 valence electrons. The second-order valence-corrected chi connectivity index (χ2v) is 7.56. The summed E-state index contributed by atoms with van der Waals surface area (Å²) in [7, 11) is 0. The summed E-state index contributed by atoms with van der Waals surface area (Å²) in [4.78, 5) is 46.7. The van der Waals surface area contributed by atoms with E-state index in [4.69, 9.17) is 0 Å². The Bertz CT molecular complexity index is 968. The molecule has 3 fully saturated rings. The van der Waals surface area contributed by atoms with Crippen LogP contribution >= 0.6 is 0 Å². The second-order valence-electron chi connectivity index (χ2n) is 7.56. The number of amides is 2. The fourth-order valence-electron chi connectivity index (χ4n) is 5.22. The minimum Gasteiger partial charge on any atom is -0.273 e. The largest absolute Gasteiger partial charge is 0.301 e. The molecular formula is C17H14N4O6. The molecule has 3 aliphatic carbocycles. The van der Waals surface area contributed by atoms with E-state index in [1.165, 1.54) is 0 Å². The summed E-state index contributed by atoms with van der Waals surface area (Å²) in [5.74, 6) is -1.75. The summed E-state index contributed by atoms with van der Waals surface area (Å²) in [5.41, 5.74) is 1.24. The SMILES string of the molecule is O=C1NN(c2ccc([N+](=O)[O-])cc2[N+](=O)[O-])C(=O)[C@@H]2[C@H]1[C@H]1C=C[C@H]2C12CC2. The number of fused-ring (bicyclic) bond motifs is 3. The average Bonchev–Trinajstić information content (AvgIpc) is 3.30. The monoisotopic (exact) mass is 370 g/mol. The van der Waals surface area contributed by atoms with Crippen molar-refractivity contribution in [2.45, 2.75) is 12.8 Å². The number of hydrogen-bond acceptors (Lipinski definition) is 6. The summed E-state index contributed by atoms with van der Waals surface area (Å²) in [5, 5.41) is 23.2. The van der Waals surface area contributed by atoms with Gasteiger partial charge in [0.05, 0.1) is 27.7 Å². The number of nitro benzene ring substituents is 2. The van der Waals surface area contributed by atoms with Crippen molar-refractivity contribution < 1.29 is 19.4 Å². The van der Waals surface area contributed by atoms with Gasteiger partial charge in [0.1, 0.15) is 5.69 Å². The first-order valence-electron chi connectivity index (χ1n) is 8.61. The van der Waals surface area contributed by atoms with Crippen LogP contribution in [-0.2, 0) is 9.59 Å². The van der Waals surface area contributed by atoms with Crippen LogP contribution in [0.2, 0.25) is 0 Å². The van der Waals surface area contributed by atoms with Gasteiger partial charge in [-0.05, 0) is 36.2 Å². The Morgan fingerprint density at radius 3 is 2.30 bits per heavy atom. The van der Waals surface area contributed by atoms with Crippen molar-refractivity contribution in [2.75, 3.05) is 5.01 Å². The van der Waals surface area contributed by atoms with Gasteiger partial charge in [0.15, 0.2) is 0 Å². The zero-order valence-electron chi connectivity index (χ0n) is 13.9. The molecule has 5 rings (SSSR count). The lowest BCUT2D eigenvalue weighted by Gasteiger charge is -2.37. The van der Waals surface area contributed by atoms with Gasteiger partial charge in [0.2, 0.25) is 5.91 Å². The smallest absolute Gasteiger partial charge is 0.273 e. The van der Waals surface area contributed by atoms with E-state index in [9.17, 15) is 29.8 Å². The molecule has 1 aromatic carbocycles. The van der Waals surface area contributed by atoms with Crippen molar-refractivity contribution in [1.29, 1.82) is 0 Å². The van der Waals surface area contributed by atoms with Crippen LogP contribution in [0.5, 0.6) is 0 Å². The Morgan fingerprint density at radius 2 is 1.70 bits per heavy atom. The lowest BCUT2D eigenvalue weighted by atomic mass is 9.80. The van der Waals surface area contributed by atoms with Crippen molar-refractivity contribution in [1.82, 2.24) is 5.43 Å². The zero-order chi connectivity index (χ0) is 19.1. The molecule has 27 heavy (non-hydrogen) atoms. The van der Waals surface area contributed by atoms with Gasteiger partial charge in [-0.25, -0.2) is 5.01 Å². The van der Waals surface area contributed by atoms with E-state index < -0.39 is 39.0 Å². The van der Waals surface area contributed by atoms with E-state index in [0.717, 1.165) is 36.0 Å². The van der Waals surface area contributed by atoms with Crippen molar-refractivity contribution in [3.05, 3.63) is 50.6 Å². The maximum Gasteiger partial charge on any atom is 0.301 e. The Labute approximate surface area is 152 Å². The van der Waals surface area contributed by atoms with Gasteiger partial charge < -0.3 is 0 Å². The minimum atomic E-state index is -0.795. The molecule has 1 aromatic rings. The molecule has 0 unspecified atom stereocenters. The topological polar surface area (TPSA) is 136 Å². The van der Waals surface area contributed by atoms with E-state index in [2.05, 4.69) is 5.43 Å². The molecule has 1 aliphatic heterocycles. The summed E-state index contributed by atoms with van der Waals surface area (Å²) < 4.78 is 0. The van der Waals surface area contributed by atoms with Gasteiger partial charge >= 0.3 is 5.69 Å². The third-order valence-electron chi connectivity index (χ3n) is 6.48. The van der Waals surface area contributed by atoms with Crippen molar-refractivity contribution >= 4 is 28.9 Å². The molecule has 10 nitrogen and oxygen atoms in total. The number of non-ortho nitro benzene ring substituents is 1. The standard InChI is InChI=1S/C17H14N4O6/c22-15-13-9-2-3-10(17(9)5-6-17)14(13)16(23)19(18-15)11-4-1-8(20(24)25)7-12(11)21(26)27/h1-4,7,9-10,13-14H,5-6H2,(H,18,22)/t9-,10-,13-,14+/m1/s1. The third kappa shape index (κ3) is 1.89. The minimum absolute atomic E-state index is 0.0141. The maximum absolute atomic E-state index is 13.2. The number of allylic oxidation sites excluding steroid dienone is 2. The highest BCUT2D eigenvalue weighted by atomic mass is 16.6. The number of carbonyl (C=O) groups excluding carboxylic acids is 2. The molecule has 0 radical (unpaired) electrons. The van der Waals surface area contributed by atoms with E-state index in [-0.39, 0.29) is 28.8 Å². The number of hydrazine groups is 1. The first-order chi connectivity index (χ1) is 12.8. The van der Waals surface area contributed by atoms with Crippen LogP contribution in [0.25, 0.3) is 0 Å². The Morgan fingerprint density at radius 1 is 1.04 bits per heavy atom. The molecule has 1 N–H and O–H groups in total. The number of anilines is 1. The Hall–Kier alpha value is -3.30. The fraction of sp³-hybridized carbons (Fsp3) is 0.412. The number of nitro groups is 2. The van der Waals surface area contributed by atoms with Gasteiger partial charge in [0.25, 0.3) is 11.6 Å². The molecule has 10 heteroatoms. The summed E-state index contributed by atoms with van der Waals surface area (Å²) in [6.07, 6.45) is 5.97. The van der Waals surface area contributed by atoms with Crippen LogP contribution in [0.15, 0.2) is 30.4 Å². The van der Waals surface area contributed by atoms with Gasteiger partial charge in [0, 0.05) is 6.07 Å². The zero-order valence-corrected chi connectivity index (χ0v) is 13.9. The molecule has 1 heterocycles. The number of rotatable bonds is 3. The third-order valence-corrected chi connectivity index (χ3v) is 6.48. The predicted molar refractivity (Wildman–Crippen MR) is 90.1 cm³/mol. The second kappa shape index (κ2) is 4.90. The summed E-state index contributed by atoms with van der Waals surface area (Å²) >= 11 is 0. The lowest BCUT2D eigenvalue weighted by molar-refractivity contribution is -0.393. The molecule has 4 aliphatic rings. The van der Waals surface area contributed by atoms with E-state index in [0.29, 0.717) is 0 Å². The van der Waals surface area contributed by atoms with Crippen LogP contribution in [0.4, 0.5) is 17.1 Å². The highest BCUT2D eigenvalue weighted by molar-refractivity contribution is 6.06. The predicted octanol–water partition coefficient (Wildman–Crippen LogP) is 1.71. The summed E-state index contributed by atoms with van der Waals surface area (Å²) in [6.45, 7) is 0. The molecule has 2 saturated carbocycles. The normalized spacial score (nSPS) is 31.8. The quantitative estimate of drug-likeness (QED) is 0.489. The molecule has 4 atom stereocenters. The first kappa shape index (κ1) is 15.9. The van der Waals surface area contributed by atoms with E-state index >= 15 is 0 Å². The van der Waals surface area contributed by atoms with Crippen molar-refractivity contribution in [3.63, 3.8) is 0 Å². The molecule has 2 amide bonds. The Kier molecular flexibility index (Phi) is 2.89. The van der Waals surface area contributed by atoms with Crippen LogP contribution in [-0.4, -0.2) is 21.7 Å².